The summed E-state index contributed by atoms with van der Waals surface area (Å²) in [5.41, 5.74) is 0.873. The highest BCUT2D eigenvalue weighted by Gasteiger charge is 2.30. The van der Waals surface area contributed by atoms with Gasteiger partial charge in [-0.25, -0.2) is 0 Å². The lowest BCUT2D eigenvalue weighted by Crippen LogP contribution is -2.48. The van der Waals surface area contributed by atoms with Crippen molar-refractivity contribution in [3.63, 3.8) is 0 Å². The van der Waals surface area contributed by atoms with Crippen LogP contribution in [0.25, 0.3) is 0 Å². The Morgan fingerprint density at radius 1 is 1.23 bits per heavy atom. The number of carbonyl (C=O) groups is 2. The van der Waals surface area contributed by atoms with E-state index >= 15 is 0 Å². The predicted molar refractivity (Wildman–Crippen MR) is 84.2 cm³/mol. The van der Waals surface area contributed by atoms with Gasteiger partial charge < -0.3 is 14.5 Å². The van der Waals surface area contributed by atoms with Crippen LogP contribution in [0.3, 0.4) is 0 Å². The van der Waals surface area contributed by atoms with E-state index in [-0.39, 0.29) is 17.9 Å². The summed E-state index contributed by atoms with van der Waals surface area (Å²) < 4.78 is 5.41. The van der Waals surface area contributed by atoms with Crippen molar-refractivity contribution in [2.75, 3.05) is 27.2 Å². The third-order valence-electron chi connectivity index (χ3n) is 4.38. The molecule has 1 fully saturated rings. The molecule has 1 aliphatic rings. The van der Waals surface area contributed by atoms with Gasteiger partial charge in [0.15, 0.2) is 6.10 Å². The molecule has 0 saturated carbocycles. The van der Waals surface area contributed by atoms with Crippen LogP contribution in [0.2, 0.25) is 0 Å². The number of ether oxygens (including phenoxy) is 1. The Morgan fingerprint density at radius 2 is 1.82 bits per heavy atom. The lowest BCUT2D eigenvalue weighted by molar-refractivity contribution is -0.144. The Bertz CT molecular complexity index is 510. The molecule has 0 aliphatic carbocycles. The molecule has 1 aromatic rings. The zero-order chi connectivity index (χ0) is 16.1. The van der Waals surface area contributed by atoms with Gasteiger partial charge in [0.2, 0.25) is 5.91 Å². The standard InChI is InChI=1S/C17H24N2O3/c1-13(20)18(2)15-9-11-19(12-10-15)17(21)16(22-3)14-7-5-4-6-8-14/h4-8,15-16H,9-12H2,1-3H3. The van der Waals surface area contributed by atoms with Gasteiger partial charge in [0.1, 0.15) is 0 Å². The third-order valence-corrected chi connectivity index (χ3v) is 4.38. The topological polar surface area (TPSA) is 49.9 Å². The molecular weight excluding hydrogens is 280 g/mol. The van der Waals surface area contributed by atoms with E-state index in [1.54, 1.807) is 18.9 Å². The van der Waals surface area contributed by atoms with Gasteiger partial charge in [-0.3, -0.25) is 9.59 Å². The van der Waals surface area contributed by atoms with Crippen molar-refractivity contribution in [1.82, 2.24) is 9.80 Å². The summed E-state index contributed by atoms with van der Waals surface area (Å²) in [6, 6.07) is 9.76. The highest BCUT2D eigenvalue weighted by Crippen LogP contribution is 2.23. The van der Waals surface area contributed by atoms with E-state index in [4.69, 9.17) is 4.74 Å². The maximum Gasteiger partial charge on any atom is 0.256 e. The molecule has 1 atom stereocenters. The second-order valence-corrected chi connectivity index (χ2v) is 5.71. The van der Waals surface area contributed by atoms with E-state index in [1.165, 1.54) is 0 Å². The molecule has 120 valence electrons. The first-order valence-corrected chi connectivity index (χ1v) is 7.64. The van der Waals surface area contributed by atoms with Crippen LogP contribution < -0.4 is 0 Å². The molecule has 1 aliphatic heterocycles. The maximum atomic E-state index is 12.7. The van der Waals surface area contributed by atoms with Crippen LogP contribution in [-0.4, -0.2) is 54.9 Å². The van der Waals surface area contributed by atoms with Crippen LogP contribution in [0.15, 0.2) is 30.3 Å². The number of piperidine rings is 1. The van der Waals surface area contributed by atoms with Crippen molar-refractivity contribution in [3.8, 4) is 0 Å². The Hall–Kier alpha value is -1.88. The summed E-state index contributed by atoms with van der Waals surface area (Å²) in [5.74, 6) is 0.0708. The molecule has 0 spiro atoms. The van der Waals surface area contributed by atoms with Gasteiger partial charge >= 0.3 is 0 Å². The summed E-state index contributed by atoms with van der Waals surface area (Å²) in [4.78, 5) is 27.7. The summed E-state index contributed by atoms with van der Waals surface area (Å²) in [7, 11) is 3.39. The first-order valence-electron chi connectivity index (χ1n) is 7.64. The summed E-state index contributed by atoms with van der Waals surface area (Å²) in [6.07, 6.45) is 1.07. The fourth-order valence-electron chi connectivity index (χ4n) is 2.90. The minimum atomic E-state index is -0.553. The fraction of sp³-hybridized carbons (Fsp3) is 0.529. The van der Waals surface area contributed by atoms with Gasteiger partial charge in [0.05, 0.1) is 0 Å². The number of amides is 2. The molecule has 1 aromatic carbocycles. The molecule has 1 saturated heterocycles. The average molecular weight is 304 g/mol. The number of methoxy groups -OCH3 is 1. The van der Waals surface area contributed by atoms with Crippen molar-refractivity contribution in [2.45, 2.75) is 31.9 Å². The molecule has 0 N–H and O–H groups in total. The van der Waals surface area contributed by atoms with Crippen LogP contribution in [0.4, 0.5) is 0 Å². The van der Waals surface area contributed by atoms with E-state index in [2.05, 4.69) is 0 Å². The number of hydrogen-bond acceptors (Lipinski definition) is 3. The van der Waals surface area contributed by atoms with Gasteiger partial charge in [-0.2, -0.15) is 0 Å². The second kappa shape index (κ2) is 7.40. The molecule has 2 rings (SSSR count). The predicted octanol–water partition coefficient (Wildman–Crippen LogP) is 1.84. The molecule has 1 unspecified atom stereocenters. The highest BCUT2D eigenvalue weighted by molar-refractivity contribution is 5.82. The Balaban J connectivity index is 1.98. The SMILES string of the molecule is COC(C(=O)N1CCC(N(C)C(C)=O)CC1)c1ccccc1. The van der Waals surface area contributed by atoms with E-state index in [1.807, 2.05) is 42.3 Å². The molecular formula is C17H24N2O3. The minimum absolute atomic E-state index is 0.00220. The normalized spacial score (nSPS) is 17.1. The van der Waals surface area contributed by atoms with E-state index < -0.39 is 6.10 Å². The van der Waals surface area contributed by atoms with Crippen molar-refractivity contribution < 1.29 is 14.3 Å². The van der Waals surface area contributed by atoms with Crippen LogP contribution >= 0.6 is 0 Å². The smallest absolute Gasteiger partial charge is 0.256 e. The van der Waals surface area contributed by atoms with Gasteiger partial charge in [-0.15, -0.1) is 0 Å². The molecule has 0 bridgehead atoms. The van der Waals surface area contributed by atoms with Crippen LogP contribution in [0.1, 0.15) is 31.4 Å². The molecule has 5 heteroatoms. The quantitative estimate of drug-likeness (QED) is 0.853. The first kappa shape index (κ1) is 16.5. The number of likely N-dealkylation sites (tertiary alicyclic amines) is 1. The highest BCUT2D eigenvalue weighted by atomic mass is 16.5. The minimum Gasteiger partial charge on any atom is -0.367 e. The fourth-order valence-corrected chi connectivity index (χ4v) is 2.90. The second-order valence-electron chi connectivity index (χ2n) is 5.71. The summed E-state index contributed by atoms with van der Waals surface area (Å²) in [5, 5.41) is 0. The lowest BCUT2D eigenvalue weighted by Gasteiger charge is -2.37. The van der Waals surface area contributed by atoms with Crippen molar-refractivity contribution in [3.05, 3.63) is 35.9 Å². The molecule has 0 radical (unpaired) electrons. The zero-order valence-electron chi connectivity index (χ0n) is 13.5. The summed E-state index contributed by atoms with van der Waals surface area (Å²) in [6.45, 7) is 2.90. The van der Waals surface area contributed by atoms with Crippen molar-refractivity contribution in [1.29, 1.82) is 0 Å². The Morgan fingerprint density at radius 3 is 2.32 bits per heavy atom. The Labute approximate surface area is 131 Å². The van der Waals surface area contributed by atoms with Crippen molar-refractivity contribution >= 4 is 11.8 Å². The van der Waals surface area contributed by atoms with E-state index in [9.17, 15) is 9.59 Å². The molecule has 22 heavy (non-hydrogen) atoms. The molecule has 1 heterocycles. The van der Waals surface area contributed by atoms with Gasteiger partial charge in [-0.05, 0) is 18.4 Å². The largest absolute Gasteiger partial charge is 0.367 e. The Kier molecular flexibility index (Phi) is 5.55. The number of carbonyl (C=O) groups excluding carboxylic acids is 2. The average Bonchev–Trinajstić information content (AvgIpc) is 2.56. The van der Waals surface area contributed by atoms with Gasteiger partial charge in [-0.1, -0.05) is 30.3 Å². The number of hydrogen-bond donors (Lipinski definition) is 0. The van der Waals surface area contributed by atoms with E-state index in [0.29, 0.717) is 13.1 Å². The van der Waals surface area contributed by atoms with E-state index in [0.717, 1.165) is 18.4 Å². The van der Waals surface area contributed by atoms with Crippen LogP contribution in [-0.2, 0) is 14.3 Å². The molecule has 0 aromatic heterocycles. The van der Waals surface area contributed by atoms with Gasteiger partial charge in [0.25, 0.3) is 5.91 Å². The molecule has 2 amide bonds. The number of benzene rings is 1. The maximum absolute atomic E-state index is 12.7. The zero-order valence-corrected chi connectivity index (χ0v) is 13.5. The number of rotatable bonds is 4. The van der Waals surface area contributed by atoms with Crippen LogP contribution in [0, 0.1) is 0 Å². The lowest BCUT2D eigenvalue weighted by atomic mass is 10.0. The van der Waals surface area contributed by atoms with Crippen LogP contribution in [0.5, 0.6) is 0 Å². The third kappa shape index (κ3) is 3.65. The first-order chi connectivity index (χ1) is 10.5. The monoisotopic (exact) mass is 304 g/mol. The number of nitrogens with zero attached hydrogens (tertiary/aromatic N) is 2. The van der Waals surface area contributed by atoms with Crippen molar-refractivity contribution in [2.24, 2.45) is 0 Å². The van der Waals surface area contributed by atoms with Gasteiger partial charge in [0, 0.05) is 40.2 Å². The molecule has 5 nitrogen and oxygen atoms in total. The summed E-state index contributed by atoms with van der Waals surface area (Å²) >= 11 is 0.